The van der Waals surface area contributed by atoms with Crippen molar-refractivity contribution in [2.75, 3.05) is 25.6 Å². The Morgan fingerprint density at radius 3 is 2.63 bits per heavy atom. The third-order valence-electron chi connectivity index (χ3n) is 2.59. The van der Waals surface area contributed by atoms with Gasteiger partial charge in [0.05, 0.1) is 12.8 Å². The van der Waals surface area contributed by atoms with Crippen LogP contribution in [0, 0.1) is 5.82 Å². The molecule has 0 atom stereocenters. The van der Waals surface area contributed by atoms with E-state index in [-0.39, 0.29) is 5.82 Å². The van der Waals surface area contributed by atoms with Crippen molar-refractivity contribution in [3.05, 3.63) is 54.3 Å². The molecular formula is C15H16FNO2. The molecule has 19 heavy (non-hydrogen) atoms. The molecule has 2 aromatic rings. The zero-order valence-electron chi connectivity index (χ0n) is 10.7. The topological polar surface area (TPSA) is 30.5 Å². The molecule has 0 aliphatic heterocycles. The van der Waals surface area contributed by atoms with Crippen molar-refractivity contribution >= 4 is 5.69 Å². The van der Waals surface area contributed by atoms with Gasteiger partial charge in [0.1, 0.15) is 23.9 Å². The Kier molecular flexibility index (Phi) is 4.61. The molecule has 0 aliphatic carbocycles. The fourth-order valence-corrected chi connectivity index (χ4v) is 1.68. The SMILES string of the molecule is COc1cc(F)ccc1NCCOc1ccccc1. The van der Waals surface area contributed by atoms with Crippen LogP contribution >= 0.6 is 0 Å². The minimum absolute atomic E-state index is 0.317. The number of para-hydroxylation sites is 1. The number of hydrogen-bond donors (Lipinski definition) is 1. The number of methoxy groups -OCH3 is 1. The third kappa shape index (κ3) is 3.88. The Morgan fingerprint density at radius 2 is 1.89 bits per heavy atom. The van der Waals surface area contributed by atoms with Gasteiger partial charge in [-0.1, -0.05) is 18.2 Å². The molecule has 0 aromatic heterocycles. The van der Waals surface area contributed by atoms with E-state index in [0.717, 1.165) is 11.4 Å². The van der Waals surface area contributed by atoms with Gasteiger partial charge in [-0.25, -0.2) is 4.39 Å². The molecule has 0 fully saturated rings. The van der Waals surface area contributed by atoms with Gasteiger partial charge in [0.2, 0.25) is 0 Å². The number of nitrogens with one attached hydrogen (secondary N) is 1. The first-order valence-corrected chi connectivity index (χ1v) is 6.05. The second-order valence-corrected chi connectivity index (χ2v) is 3.93. The second-order valence-electron chi connectivity index (χ2n) is 3.93. The maximum absolute atomic E-state index is 13.0. The summed E-state index contributed by atoms with van der Waals surface area (Å²) in [6, 6.07) is 14.0. The molecule has 0 bridgehead atoms. The molecule has 0 unspecified atom stereocenters. The second kappa shape index (κ2) is 6.64. The lowest BCUT2D eigenvalue weighted by atomic mass is 10.3. The number of anilines is 1. The Balaban J connectivity index is 1.83. The van der Waals surface area contributed by atoms with Crippen molar-refractivity contribution in [2.45, 2.75) is 0 Å². The molecule has 100 valence electrons. The van der Waals surface area contributed by atoms with Crippen molar-refractivity contribution in [3.8, 4) is 11.5 Å². The van der Waals surface area contributed by atoms with Gasteiger partial charge in [0.25, 0.3) is 0 Å². The van der Waals surface area contributed by atoms with Crippen LogP contribution < -0.4 is 14.8 Å². The van der Waals surface area contributed by atoms with E-state index in [1.165, 1.54) is 19.2 Å². The summed E-state index contributed by atoms with van der Waals surface area (Å²) in [5, 5.41) is 3.14. The van der Waals surface area contributed by atoms with Crippen LogP contribution in [0.3, 0.4) is 0 Å². The third-order valence-corrected chi connectivity index (χ3v) is 2.59. The normalized spacial score (nSPS) is 10.0. The first-order valence-electron chi connectivity index (χ1n) is 6.05. The molecular weight excluding hydrogens is 245 g/mol. The van der Waals surface area contributed by atoms with Crippen LogP contribution in [-0.2, 0) is 0 Å². The number of rotatable bonds is 6. The Labute approximate surface area is 112 Å². The predicted octanol–water partition coefficient (Wildman–Crippen LogP) is 3.33. The summed E-state index contributed by atoms with van der Waals surface area (Å²) in [6.45, 7) is 1.13. The molecule has 0 heterocycles. The highest BCUT2D eigenvalue weighted by Gasteiger charge is 2.03. The molecule has 0 amide bonds. The van der Waals surface area contributed by atoms with E-state index in [0.29, 0.717) is 18.9 Å². The lowest BCUT2D eigenvalue weighted by Crippen LogP contribution is -2.12. The minimum Gasteiger partial charge on any atom is -0.494 e. The Hall–Kier alpha value is -2.23. The van der Waals surface area contributed by atoms with Crippen LogP contribution in [0.1, 0.15) is 0 Å². The van der Waals surface area contributed by atoms with Gasteiger partial charge in [-0.05, 0) is 24.3 Å². The summed E-state index contributed by atoms with van der Waals surface area (Å²) in [4.78, 5) is 0. The standard InChI is InChI=1S/C15H16FNO2/c1-18-15-11-12(16)7-8-14(15)17-9-10-19-13-5-3-2-4-6-13/h2-8,11,17H,9-10H2,1H3. The van der Waals surface area contributed by atoms with E-state index >= 15 is 0 Å². The lowest BCUT2D eigenvalue weighted by Gasteiger charge is -2.11. The van der Waals surface area contributed by atoms with Gasteiger partial charge in [0.15, 0.2) is 0 Å². The first-order chi connectivity index (χ1) is 9.29. The summed E-state index contributed by atoms with van der Waals surface area (Å²) in [5.41, 5.74) is 0.751. The van der Waals surface area contributed by atoms with Crippen LogP contribution in [0.25, 0.3) is 0 Å². The average Bonchev–Trinajstić information content (AvgIpc) is 2.46. The highest BCUT2D eigenvalue weighted by molar-refractivity contribution is 5.56. The summed E-state index contributed by atoms with van der Waals surface area (Å²) >= 11 is 0. The zero-order valence-corrected chi connectivity index (χ0v) is 10.7. The van der Waals surface area contributed by atoms with Crippen LogP contribution in [0.5, 0.6) is 11.5 Å². The van der Waals surface area contributed by atoms with E-state index in [1.807, 2.05) is 30.3 Å². The van der Waals surface area contributed by atoms with Crippen molar-refractivity contribution in [1.82, 2.24) is 0 Å². The van der Waals surface area contributed by atoms with Crippen LogP contribution in [0.15, 0.2) is 48.5 Å². The molecule has 4 heteroatoms. The van der Waals surface area contributed by atoms with E-state index < -0.39 is 0 Å². The number of ether oxygens (including phenoxy) is 2. The Morgan fingerprint density at radius 1 is 1.11 bits per heavy atom. The molecule has 1 N–H and O–H groups in total. The summed E-state index contributed by atoms with van der Waals surface area (Å²) in [5.74, 6) is 0.998. The molecule has 0 saturated carbocycles. The van der Waals surface area contributed by atoms with Gasteiger partial charge >= 0.3 is 0 Å². The van der Waals surface area contributed by atoms with Gasteiger partial charge in [-0.15, -0.1) is 0 Å². The maximum Gasteiger partial charge on any atom is 0.144 e. The van der Waals surface area contributed by atoms with Gasteiger partial charge in [-0.2, -0.15) is 0 Å². The van der Waals surface area contributed by atoms with Crippen molar-refractivity contribution < 1.29 is 13.9 Å². The molecule has 0 radical (unpaired) electrons. The van der Waals surface area contributed by atoms with Gasteiger partial charge in [0, 0.05) is 12.6 Å². The molecule has 0 spiro atoms. The van der Waals surface area contributed by atoms with E-state index in [4.69, 9.17) is 9.47 Å². The van der Waals surface area contributed by atoms with Gasteiger partial charge in [-0.3, -0.25) is 0 Å². The van der Waals surface area contributed by atoms with Crippen LogP contribution in [-0.4, -0.2) is 20.3 Å². The van der Waals surface area contributed by atoms with E-state index in [9.17, 15) is 4.39 Å². The number of halogens is 1. The number of benzene rings is 2. The van der Waals surface area contributed by atoms with Crippen LogP contribution in [0.2, 0.25) is 0 Å². The van der Waals surface area contributed by atoms with Crippen LogP contribution in [0.4, 0.5) is 10.1 Å². The zero-order chi connectivity index (χ0) is 13.5. The fraction of sp³-hybridized carbons (Fsp3) is 0.200. The minimum atomic E-state index is -0.317. The Bertz CT molecular complexity index is 517. The van der Waals surface area contributed by atoms with Gasteiger partial charge < -0.3 is 14.8 Å². The summed E-state index contributed by atoms with van der Waals surface area (Å²) < 4.78 is 23.7. The lowest BCUT2D eigenvalue weighted by molar-refractivity contribution is 0.332. The molecule has 3 nitrogen and oxygen atoms in total. The monoisotopic (exact) mass is 261 g/mol. The van der Waals surface area contributed by atoms with Crippen molar-refractivity contribution in [2.24, 2.45) is 0 Å². The smallest absolute Gasteiger partial charge is 0.144 e. The van der Waals surface area contributed by atoms with E-state index in [1.54, 1.807) is 6.07 Å². The predicted molar refractivity (Wildman–Crippen MR) is 73.4 cm³/mol. The quantitative estimate of drug-likeness (QED) is 0.809. The van der Waals surface area contributed by atoms with E-state index in [2.05, 4.69) is 5.32 Å². The molecule has 2 aromatic carbocycles. The molecule has 0 saturated heterocycles. The number of hydrogen-bond acceptors (Lipinski definition) is 3. The van der Waals surface area contributed by atoms with Crippen molar-refractivity contribution in [3.63, 3.8) is 0 Å². The fourth-order valence-electron chi connectivity index (χ4n) is 1.68. The average molecular weight is 261 g/mol. The van der Waals surface area contributed by atoms with Crippen molar-refractivity contribution in [1.29, 1.82) is 0 Å². The summed E-state index contributed by atoms with van der Waals surface area (Å²) in [6.07, 6.45) is 0. The maximum atomic E-state index is 13.0. The molecule has 2 rings (SSSR count). The largest absolute Gasteiger partial charge is 0.494 e. The molecule has 0 aliphatic rings. The highest BCUT2D eigenvalue weighted by atomic mass is 19.1. The highest BCUT2D eigenvalue weighted by Crippen LogP contribution is 2.24. The summed E-state index contributed by atoms with van der Waals surface area (Å²) in [7, 11) is 1.51. The first kappa shape index (κ1) is 13.2.